The highest BCUT2D eigenvalue weighted by Crippen LogP contribution is 2.51. The Bertz CT molecular complexity index is 3560. The van der Waals surface area contributed by atoms with Gasteiger partial charge in [-0.2, -0.15) is 0 Å². The lowest BCUT2D eigenvalue weighted by Gasteiger charge is -2.33. The Morgan fingerprint density at radius 2 is 0.425 bits per heavy atom. The largest absolute Gasteiger partial charge is 0.309 e. The maximum Gasteiger partial charge on any atom is 0.0619 e. The molecule has 0 aromatic heterocycles. The van der Waals surface area contributed by atoms with E-state index >= 15 is 0 Å². The molecule has 0 aliphatic carbocycles. The van der Waals surface area contributed by atoms with Crippen molar-refractivity contribution in [3.8, 4) is 0 Å². The summed E-state index contributed by atoms with van der Waals surface area (Å²) in [6, 6.07) is 89.4. The zero-order valence-electron chi connectivity index (χ0n) is 47.3. The lowest BCUT2D eigenvalue weighted by Crippen LogP contribution is -2.14. The first-order valence-corrected chi connectivity index (χ1v) is 27.9. The predicted molar refractivity (Wildman–Crippen MR) is 350 cm³/mol. The summed E-state index contributed by atoms with van der Waals surface area (Å²) in [6.45, 7) is 17.3. The van der Waals surface area contributed by atoms with Crippen LogP contribution in [0.15, 0.2) is 243 Å². The van der Waals surface area contributed by atoms with Crippen LogP contribution in [0.3, 0.4) is 0 Å². The molecular formula is C78H68N2. The van der Waals surface area contributed by atoms with E-state index in [-0.39, 0.29) is 0 Å². The number of nitrogens with zero attached hydrogens (tertiary/aromatic N) is 2. The van der Waals surface area contributed by atoms with Crippen molar-refractivity contribution in [2.75, 3.05) is 9.80 Å². The number of aryl methyl sites for hydroxylation is 4. The third kappa shape index (κ3) is 11.5. The highest BCUT2D eigenvalue weighted by atomic mass is 15.2. The lowest BCUT2D eigenvalue weighted by atomic mass is 9.95. The second-order valence-corrected chi connectivity index (χ2v) is 21.6. The Balaban J connectivity index is 1.08. The van der Waals surface area contributed by atoms with E-state index in [1.165, 1.54) is 66.8 Å². The van der Waals surface area contributed by atoms with Crippen molar-refractivity contribution >= 4 is 102 Å². The van der Waals surface area contributed by atoms with Gasteiger partial charge in [-0.15, -0.1) is 0 Å². The molecule has 0 unspecified atom stereocenters. The second-order valence-electron chi connectivity index (χ2n) is 21.6. The number of rotatable bonds is 14. The summed E-state index contributed by atoms with van der Waals surface area (Å²) in [4.78, 5) is 4.93. The first-order valence-electron chi connectivity index (χ1n) is 27.9. The molecule has 2 nitrogen and oxygen atoms in total. The van der Waals surface area contributed by atoms with Crippen LogP contribution in [-0.4, -0.2) is 0 Å². The van der Waals surface area contributed by atoms with Gasteiger partial charge >= 0.3 is 0 Å². The van der Waals surface area contributed by atoms with Gasteiger partial charge in [0.2, 0.25) is 0 Å². The van der Waals surface area contributed by atoms with Crippen LogP contribution in [0.5, 0.6) is 0 Å². The van der Waals surface area contributed by atoms with E-state index in [1.807, 2.05) is 0 Å². The molecule has 0 atom stereocenters. The van der Waals surface area contributed by atoms with Crippen molar-refractivity contribution in [3.63, 3.8) is 0 Å². The van der Waals surface area contributed by atoms with Gasteiger partial charge in [0.15, 0.2) is 0 Å². The quantitative estimate of drug-likeness (QED) is 0.0608. The second kappa shape index (κ2) is 23.2. The van der Waals surface area contributed by atoms with E-state index in [0.29, 0.717) is 0 Å². The molecular weight excluding hydrogens is 965 g/mol. The normalized spacial score (nSPS) is 12.3. The van der Waals surface area contributed by atoms with E-state index in [9.17, 15) is 0 Å². The number of benzene rings is 11. The zero-order chi connectivity index (χ0) is 55.3. The summed E-state index contributed by atoms with van der Waals surface area (Å²) in [6.07, 6.45) is 9.14. The Labute approximate surface area is 474 Å². The summed E-state index contributed by atoms with van der Waals surface area (Å²) in [5.41, 5.74) is 26.0. The highest BCUT2D eigenvalue weighted by molar-refractivity contribution is 6.23. The Hall–Kier alpha value is -9.50. The molecule has 0 aliphatic rings. The van der Waals surface area contributed by atoms with Crippen LogP contribution in [0.25, 0.3) is 68.1 Å². The fourth-order valence-corrected chi connectivity index (χ4v) is 10.9. The minimum atomic E-state index is 1.07. The van der Waals surface area contributed by atoms with E-state index < -0.39 is 0 Å². The zero-order valence-corrected chi connectivity index (χ0v) is 47.3. The summed E-state index contributed by atoms with van der Waals surface area (Å²) >= 11 is 0. The number of anilines is 6. The molecule has 2 heteroatoms. The summed E-state index contributed by atoms with van der Waals surface area (Å²) < 4.78 is 0. The fourth-order valence-electron chi connectivity index (χ4n) is 10.9. The molecule has 11 aromatic carbocycles. The monoisotopic (exact) mass is 1030 g/mol. The molecule has 0 aliphatic heterocycles. The summed E-state index contributed by atoms with van der Waals surface area (Å²) in [5, 5.41) is 4.58. The van der Waals surface area contributed by atoms with Crippen LogP contribution in [0.4, 0.5) is 34.1 Å². The molecule has 11 rings (SSSR count). The minimum Gasteiger partial charge on any atom is -0.309 e. The van der Waals surface area contributed by atoms with E-state index in [2.05, 4.69) is 332 Å². The van der Waals surface area contributed by atoms with Gasteiger partial charge in [-0.25, -0.2) is 0 Å². The Morgan fingerprint density at radius 1 is 0.237 bits per heavy atom. The minimum absolute atomic E-state index is 1.07. The van der Waals surface area contributed by atoms with Gasteiger partial charge in [-0.3, -0.25) is 0 Å². The number of hydrogen-bond donors (Lipinski definition) is 0. The van der Waals surface area contributed by atoms with Gasteiger partial charge in [0.1, 0.15) is 0 Å². The lowest BCUT2D eigenvalue weighted by molar-refractivity contribution is 1.29. The Morgan fingerprint density at radius 3 is 0.613 bits per heavy atom. The van der Waals surface area contributed by atoms with Crippen LogP contribution in [-0.2, 0) is 0 Å². The molecule has 0 N–H and O–H groups in total. The molecule has 0 radical (unpaired) electrons. The number of hydrogen-bond acceptors (Lipinski definition) is 2. The molecule has 0 heterocycles. The molecule has 390 valence electrons. The van der Waals surface area contributed by atoms with Crippen LogP contribution < -0.4 is 9.80 Å². The topological polar surface area (TPSA) is 6.48 Å². The van der Waals surface area contributed by atoms with Crippen molar-refractivity contribution in [1.82, 2.24) is 0 Å². The standard InChI is InChI=1S/C78H68N2/c1-53-17-33-65(34-18-53)57(5)49-61-25-41-69(42-26-61)79(70-43-27-62(28-44-70)50-58(6)66-35-19-54(2)20-36-66)77-73-13-9-11-15-75(73)78(76-16-12-10-14-74(76)77)80(71-45-29-63(30-46-71)51-59(7)67-37-21-55(3)22-38-67)72-47-31-64(32-48-72)52-60(8)68-39-23-56(4)24-40-68/h9-52H,1-8H3. The molecule has 80 heavy (non-hydrogen) atoms. The van der Waals surface area contributed by atoms with Gasteiger partial charge in [0, 0.05) is 44.3 Å². The van der Waals surface area contributed by atoms with Crippen molar-refractivity contribution in [3.05, 3.63) is 309 Å². The van der Waals surface area contributed by atoms with Crippen molar-refractivity contribution in [2.45, 2.75) is 55.4 Å². The average molecular weight is 1030 g/mol. The number of fused-ring (bicyclic) bond motifs is 2. The van der Waals surface area contributed by atoms with E-state index in [1.54, 1.807) is 0 Å². The number of allylic oxidation sites excluding steroid dienone is 4. The maximum absolute atomic E-state index is 2.47. The first kappa shape index (κ1) is 52.5. The third-order valence-electron chi connectivity index (χ3n) is 15.5. The average Bonchev–Trinajstić information content (AvgIpc) is 3.52. The molecule has 0 spiro atoms. The Kier molecular flexibility index (Phi) is 15.3. The SMILES string of the molecule is CC(=Cc1ccc(N(c2ccc(C=C(C)c3ccc(C)cc3)cc2)c2c3ccccc3c(N(c3ccc(C=C(C)c4ccc(C)cc4)cc3)c3ccc(C=C(C)c4ccc(C)cc4)cc3)c3ccccc23)cc1)c1ccc(C)cc1. The fraction of sp³-hybridized carbons (Fsp3) is 0.103. The predicted octanol–water partition coefficient (Wildman–Crippen LogP) is 22.4. The van der Waals surface area contributed by atoms with Gasteiger partial charge < -0.3 is 9.80 Å². The first-order chi connectivity index (χ1) is 38.9. The smallest absolute Gasteiger partial charge is 0.0619 e. The van der Waals surface area contributed by atoms with Gasteiger partial charge in [0.25, 0.3) is 0 Å². The van der Waals surface area contributed by atoms with E-state index in [4.69, 9.17) is 0 Å². The van der Waals surface area contributed by atoms with E-state index in [0.717, 1.165) is 77.9 Å². The molecule has 0 saturated heterocycles. The van der Waals surface area contributed by atoms with Crippen LogP contribution in [0.2, 0.25) is 0 Å². The molecule has 0 bridgehead atoms. The summed E-state index contributed by atoms with van der Waals surface area (Å²) in [7, 11) is 0. The highest BCUT2D eigenvalue weighted by Gasteiger charge is 2.25. The van der Waals surface area contributed by atoms with Gasteiger partial charge in [-0.05, 0) is 171 Å². The maximum atomic E-state index is 2.47. The summed E-state index contributed by atoms with van der Waals surface area (Å²) in [5.74, 6) is 0. The van der Waals surface area contributed by atoms with Crippen LogP contribution >= 0.6 is 0 Å². The van der Waals surface area contributed by atoms with Crippen molar-refractivity contribution < 1.29 is 0 Å². The molecule has 11 aromatic rings. The van der Waals surface area contributed by atoms with Crippen LogP contribution in [0.1, 0.15) is 94.5 Å². The van der Waals surface area contributed by atoms with Gasteiger partial charge in [-0.1, -0.05) is 241 Å². The third-order valence-corrected chi connectivity index (χ3v) is 15.5. The van der Waals surface area contributed by atoms with Crippen molar-refractivity contribution in [2.24, 2.45) is 0 Å². The molecule has 0 saturated carbocycles. The molecule has 0 fully saturated rings. The molecule has 0 amide bonds. The van der Waals surface area contributed by atoms with Crippen molar-refractivity contribution in [1.29, 1.82) is 0 Å². The van der Waals surface area contributed by atoms with Crippen LogP contribution in [0, 0.1) is 27.7 Å². The van der Waals surface area contributed by atoms with Gasteiger partial charge in [0.05, 0.1) is 11.4 Å².